The molecule has 0 spiro atoms. The van der Waals surface area contributed by atoms with Crippen molar-refractivity contribution in [2.24, 2.45) is 5.73 Å². The molecular weight excluding hydrogens is 322 g/mol. The minimum absolute atomic E-state index is 0.0147. The number of H-pyrrole nitrogens is 1. The second kappa shape index (κ2) is 8.75. The number of rotatable bonds is 8. The Kier molecular flexibility index (Phi) is 7.29. The molecular formula is C17H29N5O3. The average molecular weight is 351 g/mol. The number of carbonyl (C=O) groups is 2. The third kappa shape index (κ3) is 5.38. The van der Waals surface area contributed by atoms with Gasteiger partial charge in [0.05, 0.1) is 11.7 Å². The van der Waals surface area contributed by atoms with Crippen LogP contribution < -0.4 is 16.6 Å². The van der Waals surface area contributed by atoms with Crippen LogP contribution in [-0.4, -0.2) is 52.4 Å². The van der Waals surface area contributed by atoms with Gasteiger partial charge < -0.3 is 16.0 Å². The number of nitrogens with two attached hydrogens (primary N) is 1. The van der Waals surface area contributed by atoms with Crippen LogP contribution in [0.1, 0.15) is 61.9 Å². The van der Waals surface area contributed by atoms with E-state index >= 15 is 0 Å². The molecule has 1 heterocycles. The van der Waals surface area contributed by atoms with E-state index in [0.717, 1.165) is 0 Å². The van der Waals surface area contributed by atoms with E-state index in [1.165, 1.54) is 0 Å². The minimum Gasteiger partial charge on any atom is -0.368 e. The summed E-state index contributed by atoms with van der Waals surface area (Å²) in [5.74, 6) is -0.256. The Hall–Kier alpha value is -2.22. The molecule has 0 bridgehead atoms. The highest BCUT2D eigenvalue weighted by atomic mass is 16.2. The van der Waals surface area contributed by atoms with Crippen LogP contribution in [0.5, 0.6) is 0 Å². The molecule has 0 aromatic carbocycles. The SMILES string of the molecule is CCC(C(N)=O)N(C)CC(C)NC(=O)c1c(C)nc(C(C)C)[nH]c1=O. The number of amides is 2. The number of nitrogens with zero attached hydrogens (tertiary/aromatic N) is 2. The molecule has 8 nitrogen and oxygen atoms in total. The molecule has 0 saturated heterocycles. The first-order chi connectivity index (χ1) is 11.6. The maximum Gasteiger partial charge on any atom is 0.264 e. The van der Waals surface area contributed by atoms with Gasteiger partial charge in [0.1, 0.15) is 11.4 Å². The third-order valence-electron chi connectivity index (χ3n) is 4.08. The molecule has 1 aromatic rings. The molecule has 0 saturated carbocycles. The number of carbonyl (C=O) groups excluding carboxylic acids is 2. The van der Waals surface area contributed by atoms with Gasteiger partial charge in [-0.05, 0) is 27.3 Å². The van der Waals surface area contributed by atoms with Crippen LogP contribution in [0.3, 0.4) is 0 Å². The Balaban J connectivity index is 2.86. The average Bonchev–Trinajstić information content (AvgIpc) is 2.45. The van der Waals surface area contributed by atoms with E-state index in [-0.39, 0.29) is 17.5 Å². The first-order valence-corrected chi connectivity index (χ1v) is 8.49. The van der Waals surface area contributed by atoms with Gasteiger partial charge in [0.2, 0.25) is 5.91 Å². The third-order valence-corrected chi connectivity index (χ3v) is 4.08. The molecule has 1 aromatic heterocycles. The maximum atomic E-state index is 12.5. The Morgan fingerprint density at radius 3 is 2.36 bits per heavy atom. The summed E-state index contributed by atoms with van der Waals surface area (Å²) in [7, 11) is 1.78. The molecule has 0 fully saturated rings. The number of likely N-dealkylation sites (N-methyl/N-ethyl adjacent to an activating group) is 1. The molecule has 8 heteroatoms. The fraction of sp³-hybridized carbons (Fsp3) is 0.647. The lowest BCUT2D eigenvalue weighted by atomic mass is 10.1. The lowest BCUT2D eigenvalue weighted by molar-refractivity contribution is -0.122. The topological polar surface area (TPSA) is 121 Å². The van der Waals surface area contributed by atoms with Crippen LogP contribution in [0, 0.1) is 6.92 Å². The molecule has 0 aliphatic rings. The van der Waals surface area contributed by atoms with E-state index in [1.807, 2.05) is 27.7 Å². The second-order valence-corrected chi connectivity index (χ2v) is 6.71. The highest BCUT2D eigenvalue weighted by Crippen LogP contribution is 2.09. The molecule has 0 aliphatic carbocycles. The number of aryl methyl sites for hydroxylation is 1. The van der Waals surface area contributed by atoms with Gasteiger partial charge in [-0.3, -0.25) is 19.3 Å². The summed E-state index contributed by atoms with van der Waals surface area (Å²) < 4.78 is 0. The summed E-state index contributed by atoms with van der Waals surface area (Å²) >= 11 is 0. The van der Waals surface area contributed by atoms with Crippen molar-refractivity contribution in [3.63, 3.8) is 0 Å². The van der Waals surface area contributed by atoms with E-state index in [2.05, 4.69) is 15.3 Å². The summed E-state index contributed by atoms with van der Waals surface area (Å²) in [6, 6.07) is -0.661. The quantitative estimate of drug-likeness (QED) is 0.630. The van der Waals surface area contributed by atoms with Crippen molar-refractivity contribution in [1.29, 1.82) is 0 Å². The van der Waals surface area contributed by atoms with Gasteiger partial charge in [0.25, 0.3) is 11.5 Å². The van der Waals surface area contributed by atoms with Crippen molar-refractivity contribution in [3.05, 3.63) is 27.4 Å². The van der Waals surface area contributed by atoms with Crippen LogP contribution in [0.2, 0.25) is 0 Å². The Morgan fingerprint density at radius 2 is 1.92 bits per heavy atom. The smallest absolute Gasteiger partial charge is 0.264 e. The molecule has 2 atom stereocenters. The van der Waals surface area contributed by atoms with Gasteiger partial charge in [-0.15, -0.1) is 0 Å². The summed E-state index contributed by atoms with van der Waals surface area (Å²) in [4.78, 5) is 44.8. The molecule has 140 valence electrons. The first-order valence-electron chi connectivity index (χ1n) is 8.49. The molecule has 1 rings (SSSR count). The number of aromatic amines is 1. The number of hydrogen-bond acceptors (Lipinski definition) is 5. The van der Waals surface area contributed by atoms with E-state index in [1.54, 1.807) is 18.9 Å². The van der Waals surface area contributed by atoms with Crippen molar-refractivity contribution in [2.45, 2.75) is 59.0 Å². The number of nitrogens with one attached hydrogen (secondary N) is 2. The molecule has 25 heavy (non-hydrogen) atoms. The van der Waals surface area contributed by atoms with Gasteiger partial charge in [-0.1, -0.05) is 20.8 Å². The minimum atomic E-state index is -0.477. The predicted octanol–water partition coefficient (Wildman–Crippen LogP) is 0.516. The zero-order valence-corrected chi connectivity index (χ0v) is 15.8. The Morgan fingerprint density at radius 1 is 1.32 bits per heavy atom. The summed E-state index contributed by atoms with van der Waals surface area (Å²) in [6.45, 7) is 9.59. The van der Waals surface area contributed by atoms with Crippen molar-refractivity contribution in [1.82, 2.24) is 20.2 Å². The molecule has 0 aliphatic heterocycles. The zero-order valence-electron chi connectivity index (χ0n) is 15.8. The van der Waals surface area contributed by atoms with Crippen molar-refractivity contribution < 1.29 is 9.59 Å². The summed E-state index contributed by atoms with van der Waals surface area (Å²) in [6.07, 6.45) is 0.589. The fourth-order valence-corrected chi connectivity index (χ4v) is 2.78. The van der Waals surface area contributed by atoms with E-state index < -0.39 is 23.4 Å². The van der Waals surface area contributed by atoms with E-state index in [0.29, 0.717) is 24.5 Å². The van der Waals surface area contributed by atoms with Crippen LogP contribution in [-0.2, 0) is 4.79 Å². The summed E-state index contributed by atoms with van der Waals surface area (Å²) in [5.41, 5.74) is 5.34. The van der Waals surface area contributed by atoms with Gasteiger partial charge in [-0.25, -0.2) is 4.98 Å². The second-order valence-electron chi connectivity index (χ2n) is 6.71. The summed E-state index contributed by atoms with van der Waals surface area (Å²) in [5, 5.41) is 2.78. The van der Waals surface area contributed by atoms with E-state index in [4.69, 9.17) is 5.73 Å². The molecule has 2 amide bonds. The standard InChI is InChI=1S/C17H29N5O3/c1-7-12(14(18)23)22(6)8-10(4)19-16(24)13-11(5)20-15(9(2)3)21-17(13)25/h9-10,12H,7-8H2,1-6H3,(H2,18,23)(H,19,24)(H,20,21,25). The highest BCUT2D eigenvalue weighted by molar-refractivity contribution is 5.95. The number of aromatic nitrogens is 2. The van der Waals surface area contributed by atoms with Crippen LogP contribution in [0.4, 0.5) is 0 Å². The number of hydrogen-bond donors (Lipinski definition) is 3. The fourth-order valence-electron chi connectivity index (χ4n) is 2.78. The normalized spacial score (nSPS) is 13.8. The van der Waals surface area contributed by atoms with Crippen molar-refractivity contribution >= 4 is 11.8 Å². The van der Waals surface area contributed by atoms with E-state index in [9.17, 15) is 14.4 Å². The van der Waals surface area contributed by atoms with Gasteiger partial charge in [0, 0.05) is 18.5 Å². The van der Waals surface area contributed by atoms with Crippen LogP contribution in [0.25, 0.3) is 0 Å². The molecule has 0 radical (unpaired) electrons. The maximum absolute atomic E-state index is 12.5. The van der Waals surface area contributed by atoms with Gasteiger partial charge >= 0.3 is 0 Å². The van der Waals surface area contributed by atoms with Gasteiger partial charge in [-0.2, -0.15) is 0 Å². The predicted molar refractivity (Wildman–Crippen MR) is 96.5 cm³/mol. The highest BCUT2D eigenvalue weighted by Gasteiger charge is 2.23. The largest absolute Gasteiger partial charge is 0.368 e. The van der Waals surface area contributed by atoms with Crippen molar-refractivity contribution in [3.8, 4) is 0 Å². The first kappa shape index (κ1) is 20.8. The monoisotopic (exact) mass is 351 g/mol. The molecule has 2 unspecified atom stereocenters. The zero-order chi connectivity index (χ0) is 19.3. The van der Waals surface area contributed by atoms with Crippen LogP contribution in [0.15, 0.2) is 4.79 Å². The lowest BCUT2D eigenvalue weighted by Gasteiger charge is -2.27. The Bertz CT molecular complexity index is 683. The lowest BCUT2D eigenvalue weighted by Crippen LogP contribution is -2.49. The Labute approximate surface area is 148 Å². The molecule has 4 N–H and O–H groups in total. The van der Waals surface area contributed by atoms with Crippen molar-refractivity contribution in [2.75, 3.05) is 13.6 Å². The van der Waals surface area contributed by atoms with Gasteiger partial charge in [0.15, 0.2) is 0 Å². The van der Waals surface area contributed by atoms with Crippen LogP contribution >= 0.6 is 0 Å². The number of primary amides is 1.